The van der Waals surface area contributed by atoms with Gasteiger partial charge >= 0.3 is 5.97 Å². The number of hydrogen-bond acceptors (Lipinski definition) is 7. The van der Waals surface area contributed by atoms with Crippen molar-refractivity contribution in [2.75, 3.05) is 38.8 Å². The molecule has 2 aromatic carbocycles. The summed E-state index contributed by atoms with van der Waals surface area (Å²) in [5.41, 5.74) is 6.68. The van der Waals surface area contributed by atoms with Crippen LogP contribution in [0.2, 0.25) is 0 Å². The first-order valence-electron chi connectivity index (χ1n) is 12.9. The molecule has 4 N–H and O–H groups in total. The third-order valence-electron chi connectivity index (χ3n) is 6.58. The highest BCUT2D eigenvalue weighted by atomic mass is 32.2. The Balaban J connectivity index is 2.30. The van der Waals surface area contributed by atoms with E-state index in [9.17, 15) is 14.4 Å². The van der Waals surface area contributed by atoms with Crippen LogP contribution in [0.3, 0.4) is 0 Å². The minimum atomic E-state index is -0.695. The topological polar surface area (TPSA) is 114 Å². The molecule has 0 spiro atoms. The van der Waals surface area contributed by atoms with E-state index in [0.717, 1.165) is 28.5 Å². The number of hydrogen-bond donors (Lipinski definition) is 3. The number of amides is 2. The second-order valence-corrected chi connectivity index (χ2v) is 10.3. The van der Waals surface area contributed by atoms with Crippen LogP contribution in [-0.2, 0) is 25.7 Å². The van der Waals surface area contributed by atoms with Crippen LogP contribution in [0, 0.1) is 5.92 Å². The Kier molecular flexibility index (Phi) is 13.5. The highest BCUT2D eigenvalue weighted by molar-refractivity contribution is 7.98. The van der Waals surface area contributed by atoms with E-state index >= 15 is 0 Å². The molecule has 8 nitrogen and oxygen atoms in total. The summed E-state index contributed by atoms with van der Waals surface area (Å²) in [5.74, 6) is 0.125. The van der Waals surface area contributed by atoms with Crippen LogP contribution in [0.4, 0.5) is 0 Å². The van der Waals surface area contributed by atoms with Gasteiger partial charge in [-0.1, -0.05) is 62.7 Å². The Morgan fingerprint density at radius 1 is 1.08 bits per heavy atom. The molecule has 0 aromatic heterocycles. The minimum absolute atomic E-state index is 0.0790. The maximum atomic E-state index is 13.2. The van der Waals surface area contributed by atoms with E-state index in [2.05, 4.69) is 48.7 Å². The third kappa shape index (κ3) is 9.98. The summed E-state index contributed by atoms with van der Waals surface area (Å²) in [6.45, 7) is 5.54. The number of nitrogens with zero attached hydrogens (tertiary/aromatic N) is 1. The lowest BCUT2D eigenvalue weighted by atomic mass is 9.97. The van der Waals surface area contributed by atoms with Gasteiger partial charge in [0.15, 0.2) is 0 Å². The quantitative estimate of drug-likeness (QED) is 0.286. The van der Waals surface area contributed by atoms with Crippen LogP contribution in [0.1, 0.15) is 38.7 Å². The van der Waals surface area contributed by atoms with Crippen molar-refractivity contribution in [1.82, 2.24) is 15.5 Å². The van der Waals surface area contributed by atoms with Gasteiger partial charge in [-0.05, 0) is 40.7 Å². The van der Waals surface area contributed by atoms with Crippen molar-refractivity contribution < 1.29 is 19.1 Å². The molecule has 2 amide bonds. The third-order valence-corrected chi connectivity index (χ3v) is 7.22. The van der Waals surface area contributed by atoms with Crippen LogP contribution < -0.4 is 16.4 Å². The smallest absolute Gasteiger partial charge is 0.328 e. The molecule has 0 radical (unpaired) electrons. The molecule has 0 bridgehead atoms. The lowest BCUT2D eigenvalue weighted by molar-refractivity contribution is -0.145. The average molecular weight is 531 g/mol. The van der Waals surface area contributed by atoms with Gasteiger partial charge in [-0.2, -0.15) is 11.8 Å². The fourth-order valence-corrected chi connectivity index (χ4v) is 4.74. The predicted molar refractivity (Wildman–Crippen MR) is 151 cm³/mol. The number of nitrogens with one attached hydrogen (secondary N) is 2. The first-order valence-corrected chi connectivity index (χ1v) is 14.3. The molecule has 3 atom stereocenters. The van der Waals surface area contributed by atoms with Crippen molar-refractivity contribution in [1.29, 1.82) is 0 Å². The molecule has 2 aromatic rings. The van der Waals surface area contributed by atoms with E-state index < -0.39 is 12.0 Å². The highest BCUT2D eigenvalue weighted by Crippen LogP contribution is 2.21. The van der Waals surface area contributed by atoms with Crippen molar-refractivity contribution in [3.8, 4) is 0 Å². The number of fused-ring (bicyclic) bond motifs is 1. The average Bonchev–Trinajstić information content (AvgIpc) is 2.89. The highest BCUT2D eigenvalue weighted by Gasteiger charge is 2.26. The zero-order valence-electron chi connectivity index (χ0n) is 22.5. The van der Waals surface area contributed by atoms with Crippen LogP contribution in [0.5, 0.6) is 0 Å². The van der Waals surface area contributed by atoms with Gasteiger partial charge in [0.2, 0.25) is 11.8 Å². The first kappa shape index (κ1) is 30.6. The molecule has 0 aliphatic carbocycles. The van der Waals surface area contributed by atoms with E-state index in [1.54, 1.807) is 11.8 Å². The van der Waals surface area contributed by atoms with Crippen molar-refractivity contribution in [2.45, 2.75) is 51.7 Å². The summed E-state index contributed by atoms with van der Waals surface area (Å²) < 4.78 is 4.90. The van der Waals surface area contributed by atoms with E-state index in [0.29, 0.717) is 19.5 Å². The van der Waals surface area contributed by atoms with E-state index in [1.807, 2.05) is 29.4 Å². The van der Waals surface area contributed by atoms with E-state index in [-0.39, 0.29) is 43.3 Å². The van der Waals surface area contributed by atoms with Gasteiger partial charge in [-0.25, -0.2) is 4.79 Å². The maximum absolute atomic E-state index is 13.2. The molecule has 2 rings (SSSR count). The van der Waals surface area contributed by atoms with Crippen LogP contribution >= 0.6 is 11.8 Å². The Hall–Kier alpha value is -2.62. The number of esters is 1. The molecule has 0 unspecified atom stereocenters. The number of nitrogens with two attached hydrogens (primary N) is 1. The summed E-state index contributed by atoms with van der Waals surface area (Å²) in [6.07, 6.45) is 3.58. The lowest BCUT2D eigenvalue weighted by Gasteiger charge is -2.31. The zero-order valence-corrected chi connectivity index (χ0v) is 23.3. The molecule has 0 aliphatic heterocycles. The van der Waals surface area contributed by atoms with Gasteiger partial charge in [0.05, 0.1) is 13.7 Å². The molecule has 9 heteroatoms. The molecule has 0 heterocycles. The summed E-state index contributed by atoms with van der Waals surface area (Å²) in [5, 5.41) is 8.23. The molecular weight excluding hydrogens is 488 g/mol. The summed E-state index contributed by atoms with van der Waals surface area (Å²) in [4.78, 5) is 39.9. The number of carbonyl (C=O) groups is 3. The number of rotatable bonds is 16. The number of ether oxygens (including phenoxy) is 1. The predicted octanol–water partition coefficient (Wildman–Crippen LogP) is 2.93. The van der Waals surface area contributed by atoms with Crippen molar-refractivity contribution in [2.24, 2.45) is 11.7 Å². The van der Waals surface area contributed by atoms with Crippen LogP contribution in [0.25, 0.3) is 10.8 Å². The summed E-state index contributed by atoms with van der Waals surface area (Å²) in [6, 6.07) is 13.5. The van der Waals surface area contributed by atoms with Crippen molar-refractivity contribution >= 4 is 40.3 Å². The van der Waals surface area contributed by atoms with E-state index in [1.165, 1.54) is 7.11 Å². The van der Waals surface area contributed by atoms with Gasteiger partial charge in [-0.3, -0.25) is 14.5 Å². The molecule has 37 heavy (non-hydrogen) atoms. The normalized spacial score (nSPS) is 13.7. The maximum Gasteiger partial charge on any atom is 0.328 e. The fourth-order valence-electron chi connectivity index (χ4n) is 4.27. The Morgan fingerprint density at radius 3 is 2.49 bits per heavy atom. The molecule has 0 saturated carbocycles. The second-order valence-electron chi connectivity index (χ2n) is 9.33. The lowest BCUT2D eigenvalue weighted by Crippen LogP contribution is -2.51. The largest absolute Gasteiger partial charge is 0.467 e. The molecule has 204 valence electrons. The number of thioether (sulfide) groups is 1. The van der Waals surface area contributed by atoms with Gasteiger partial charge in [-0.15, -0.1) is 0 Å². The first-order chi connectivity index (χ1) is 17.8. The molecule has 0 aliphatic rings. The van der Waals surface area contributed by atoms with Crippen molar-refractivity contribution in [3.05, 3.63) is 48.0 Å². The van der Waals surface area contributed by atoms with E-state index in [4.69, 9.17) is 10.5 Å². The molecule has 0 saturated heterocycles. The second kappa shape index (κ2) is 16.3. The molecule has 0 fully saturated rings. The van der Waals surface area contributed by atoms with Crippen LogP contribution in [-0.4, -0.2) is 73.5 Å². The molecular formula is C28H42N4O4S. The fraction of sp³-hybridized carbons (Fsp3) is 0.536. The zero-order chi connectivity index (χ0) is 27.2. The number of carbonyl (C=O) groups excluding carboxylic acids is 3. The Morgan fingerprint density at radius 2 is 1.81 bits per heavy atom. The minimum Gasteiger partial charge on any atom is -0.467 e. The van der Waals surface area contributed by atoms with Gasteiger partial charge in [0.1, 0.15) is 6.04 Å². The van der Waals surface area contributed by atoms with Crippen LogP contribution in [0.15, 0.2) is 42.5 Å². The summed E-state index contributed by atoms with van der Waals surface area (Å²) >= 11 is 1.61. The SMILES string of the molecule is CC[C@H](C)[C@@H](CN(CC(=O)N[C@@H](CCSC)C(=O)OC)Cc1cccc2ccccc12)NC(=O)CCN. The van der Waals surface area contributed by atoms with Gasteiger partial charge in [0, 0.05) is 32.1 Å². The summed E-state index contributed by atoms with van der Waals surface area (Å²) in [7, 11) is 1.33. The standard InChI is InChI=1S/C28H42N4O4S/c1-5-20(2)25(31-26(33)13-15-29)18-32(17-22-11-8-10-21-9-6-7-12-23(21)22)19-27(34)30-24(14-16-37-4)28(35)36-3/h6-12,20,24-25H,5,13-19,29H2,1-4H3,(H,30,34)(H,31,33)/t20-,24-,25+/m0/s1. The number of methoxy groups -OCH3 is 1. The van der Waals surface area contributed by atoms with Crippen molar-refractivity contribution in [3.63, 3.8) is 0 Å². The van der Waals surface area contributed by atoms with Gasteiger partial charge in [0.25, 0.3) is 0 Å². The Labute approximate surface area is 225 Å². The number of benzene rings is 2. The van der Waals surface area contributed by atoms with Gasteiger partial charge < -0.3 is 21.1 Å². The Bertz CT molecular complexity index is 1010. The monoisotopic (exact) mass is 530 g/mol.